The maximum absolute atomic E-state index is 6.11. The molecule has 0 amide bonds. The topological polar surface area (TPSA) is 30.7 Å². The predicted molar refractivity (Wildman–Crippen MR) is 64.7 cm³/mol. The fourth-order valence-electron chi connectivity index (χ4n) is 2.04. The maximum Gasteiger partial charge on any atom is 0.225 e. The highest BCUT2D eigenvalue weighted by Gasteiger charge is 2.30. The zero-order valence-electron chi connectivity index (χ0n) is 9.27. The molecular formula is C10H16ClN3S. The SMILES string of the molecule is CC(C)c1nnc(Cl)n1C1CCSC1C. The van der Waals surface area contributed by atoms with Gasteiger partial charge in [0.25, 0.3) is 0 Å². The standard InChI is InChI=1S/C10H16ClN3S/c1-6(2)9-12-13-10(11)14(9)8-4-5-15-7(8)3/h6-8H,4-5H2,1-3H3. The molecule has 1 aliphatic rings. The Kier molecular flexibility index (Phi) is 3.26. The molecule has 2 heterocycles. The van der Waals surface area contributed by atoms with E-state index in [9.17, 15) is 0 Å². The van der Waals surface area contributed by atoms with E-state index in [0.29, 0.717) is 22.5 Å². The molecule has 0 spiro atoms. The number of halogens is 1. The Morgan fingerprint density at radius 1 is 1.47 bits per heavy atom. The first-order valence-electron chi connectivity index (χ1n) is 5.33. The van der Waals surface area contributed by atoms with Crippen LogP contribution in [0.25, 0.3) is 0 Å². The zero-order chi connectivity index (χ0) is 11.0. The molecule has 1 fully saturated rings. The van der Waals surface area contributed by atoms with Crippen LogP contribution in [0.2, 0.25) is 5.28 Å². The minimum absolute atomic E-state index is 0.378. The summed E-state index contributed by atoms with van der Waals surface area (Å²) in [6, 6.07) is 0.467. The Bertz CT molecular complexity index is 350. The molecule has 1 aromatic heterocycles. The van der Waals surface area contributed by atoms with Crippen LogP contribution in [-0.4, -0.2) is 25.8 Å². The van der Waals surface area contributed by atoms with Crippen molar-refractivity contribution >= 4 is 23.4 Å². The van der Waals surface area contributed by atoms with Crippen molar-refractivity contribution in [1.29, 1.82) is 0 Å². The second-order valence-electron chi connectivity index (χ2n) is 4.28. The van der Waals surface area contributed by atoms with Gasteiger partial charge in [0.05, 0.1) is 6.04 Å². The van der Waals surface area contributed by atoms with E-state index >= 15 is 0 Å². The zero-order valence-corrected chi connectivity index (χ0v) is 10.8. The molecule has 0 aliphatic carbocycles. The van der Waals surface area contributed by atoms with Crippen LogP contribution in [0.1, 0.15) is 45.0 Å². The Morgan fingerprint density at radius 3 is 2.73 bits per heavy atom. The molecule has 0 aromatic carbocycles. The molecule has 3 nitrogen and oxygen atoms in total. The first kappa shape index (κ1) is 11.3. The third-order valence-electron chi connectivity index (χ3n) is 2.86. The molecule has 1 aromatic rings. The molecule has 1 aliphatic heterocycles. The molecule has 2 atom stereocenters. The third-order valence-corrected chi connectivity index (χ3v) is 4.43. The largest absolute Gasteiger partial charge is 0.297 e. The number of hydrogen-bond donors (Lipinski definition) is 0. The van der Waals surface area contributed by atoms with Gasteiger partial charge in [0.1, 0.15) is 5.82 Å². The highest BCUT2D eigenvalue weighted by molar-refractivity contribution is 8.00. The second kappa shape index (κ2) is 4.34. The van der Waals surface area contributed by atoms with Gasteiger partial charge in [-0.05, 0) is 23.8 Å². The van der Waals surface area contributed by atoms with Crippen molar-refractivity contribution in [2.75, 3.05) is 5.75 Å². The molecular weight excluding hydrogens is 230 g/mol. The van der Waals surface area contributed by atoms with Gasteiger partial charge in [0, 0.05) is 11.2 Å². The normalized spacial score (nSPS) is 26.5. The molecule has 15 heavy (non-hydrogen) atoms. The highest BCUT2D eigenvalue weighted by Crippen LogP contribution is 2.38. The van der Waals surface area contributed by atoms with Crippen LogP contribution in [0.5, 0.6) is 0 Å². The van der Waals surface area contributed by atoms with Crippen molar-refractivity contribution in [1.82, 2.24) is 14.8 Å². The average Bonchev–Trinajstić information content (AvgIpc) is 2.71. The van der Waals surface area contributed by atoms with E-state index in [1.807, 2.05) is 11.8 Å². The van der Waals surface area contributed by atoms with Crippen LogP contribution in [-0.2, 0) is 0 Å². The summed E-state index contributed by atoms with van der Waals surface area (Å²) in [6.45, 7) is 6.51. The molecule has 0 N–H and O–H groups in total. The summed E-state index contributed by atoms with van der Waals surface area (Å²) in [4.78, 5) is 0. The van der Waals surface area contributed by atoms with E-state index in [1.165, 1.54) is 12.2 Å². The molecule has 1 saturated heterocycles. The van der Waals surface area contributed by atoms with Gasteiger partial charge in [-0.25, -0.2) is 0 Å². The first-order valence-corrected chi connectivity index (χ1v) is 6.76. The van der Waals surface area contributed by atoms with E-state index in [1.54, 1.807) is 0 Å². The lowest BCUT2D eigenvalue weighted by atomic mass is 10.1. The molecule has 5 heteroatoms. The van der Waals surface area contributed by atoms with Gasteiger partial charge >= 0.3 is 0 Å². The Labute approximate surface area is 99.6 Å². The fraction of sp³-hybridized carbons (Fsp3) is 0.800. The lowest BCUT2D eigenvalue weighted by Gasteiger charge is -2.20. The summed E-state index contributed by atoms with van der Waals surface area (Å²) in [5.74, 6) is 2.60. The number of rotatable bonds is 2. The Hall–Kier alpha value is -0.220. The minimum Gasteiger partial charge on any atom is -0.297 e. The summed E-state index contributed by atoms with van der Waals surface area (Å²) in [5, 5.41) is 9.30. The first-order chi connectivity index (χ1) is 7.11. The summed E-state index contributed by atoms with van der Waals surface area (Å²) in [7, 11) is 0. The van der Waals surface area contributed by atoms with Crippen LogP contribution in [0.3, 0.4) is 0 Å². The van der Waals surface area contributed by atoms with Crippen molar-refractivity contribution in [2.24, 2.45) is 0 Å². The van der Waals surface area contributed by atoms with Gasteiger partial charge in [-0.15, -0.1) is 10.2 Å². The maximum atomic E-state index is 6.11. The van der Waals surface area contributed by atoms with Crippen molar-refractivity contribution in [2.45, 2.75) is 44.4 Å². The third kappa shape index (κ3) is 2.02. The van der Waals surface area contributed by atoms with Gasteiger partial charge < -0.3 is 0 Å². The monoisotopic (exact) mass is 245 g/mol. The summed E-state index contributed by atoms with van der Waals surface area (Å²) >= 11 is 8.11. The fourth-order valence-corrected chi connectivity index (χ4v) is 3.52. The molecule has 2 unspecified atom stereocenters. The minimum atomic E-state index is 0.378. The van der Waals surface area contributed by atoms with Crippen molar-refractivity contribution in [3.63, 3.8) is 0 Å². The summed E-state index contributed by atoms with van der Waals surface area (Å²) in [6.07, 6.45) is 1.17. The van der Waals surface area contributed by atoms with Crippen LogP contribution in [0.15, 0.2) is 0 Å². The molecule has 2 rings (SSSR count). The van der Waals surface area contributed by atoms with Crippen LogP contribution in [0, 0.1) is 0 Å². The molecule has 0 saturated carbocycles. The molecule has 84 valence electrons. The van der Waals surface area contributed by atoms with E-state index in [4.69, 9.17) is 11.6 Å². The lowest BCUT2D eigenvalue weighted by Crippen LogP contribution is -2.18. The number of nitrogens with zero attached hydrogens (tertiary/aromatic N) is 3. The molecule has 0 bridgehead atoms. The van der Waals surface area contributed by atoms with Crippen LogP contribution < -0.4 is 0 Å². The van der Waals surface area contributed by atoms with Crippen LogP contribution >= 0.6 is 23.4 Å². The van der Waals surface area contributed by atoms with Crippen LogP contribution in [0.4, 0.5) is 0 Å². The van der Waals surface area contributed by atoms with Crippen molar-refractivity contribution in [3.8, 4) is 0 Å². The van der Waals surface area contributed by atoms with Crippen molar-refractivity contribution < 1.29 is 0 Å². The molecule has 0 radical (unpaired) electrons. The predicted octanol–water partition coefficient (Wildman–Crippen LogP) is 3.12. The number of hydrogen-bond acceptors (Lipinski definition) is 3. The quantitative estimate of drug-likeness (QED) is 0.802. The number of thioether (sulfide) groups is 1. The Balaban J connectivity index is 2.37. The van der Waals surface area contributed by atoms with E-state index < -0.39 is 0 Å². The van der Waals surface area contributed by atoms with Gasteiger partial charge in [0.15, 0.2) is 0 Å². The van der Waals surface area contributed by atoms with E-state index in [-0.39, 0.29) is 0 Å². The van der Waals surface area contributed by atoms with Gasteiger partial charge in [-0.1, -0.05) is 20.8 Å². The number of aromatic nitrogens is 3. The van der Waals surface area contributed by atoms with E-state index in [2.05, 4.69) is 35.5 Å². The van der Waals surface area contributed by atoms with Gasteiger partial charge in [0.2, 0.25) is 5.28 Å². The van der Waals surface area contributed by atoms with E-state index in [0.717, 1.165) is 5.82 Å². The summed E-state index contributed by atoms with van der Waals surface area (Å²) in [5.41, 5.74) is 0. The Morgan fingerprint density at radius 2 is 2.20 bits per heavy atom. The smallest absolute Gasteiger partial charge is 0.225 e. The van der Waals surface area contributed by atoms with Crippen molar-refractivity contribution in [3.05, 3.63) is 11.1 Å². The lowest BCUT2D eigenvalue weighted by molar-refractivity contribution is 0.476. The van der Waals surface area contributed by atoms with Gasteiger partial charge in [-0.3, -0.25) is 4.57 Å². The summed E-state index contributed by atoms with van der Waals surface area (Å²) < 4.78 is 2.12. The average molecular weight is 246 g/mol. The highest BCUT2D eigenvalue weighted by atomic mass is 35.5. The second-order valence-corrected chi connectivity index (χ2v) is 6.11. The van der Waals surface area contributed by atoms with Gasteiger partial charge in [-0.2, -0.15) is 11.8 Å².